The second kappa shape index (κ2) is 6.05. The molecule has 1 aliphatic heterocycles. The quantitative estimate of drug-likeness (QED) is 0.930. The number of rotatable bonds is 4. The Labute approximate surface area is 121 Å². The van der Waals surface area contributed by atoms with Crippen molar-refractivity contribution in [3.8, 4) is 11.4 Å². The van der Waals surface area contributed by atoms with E-state index < -0.39 is 5.97 Å². The van der Waals surface area contributed by atoms with Gasteiger partial charge in [0.25, 0.3) is 0 Å². The van der Waals surface area contributed by atoms with Crippen LogP contribution < -0.4 is 0 Å². The van der Waals surface area contributed by atoms with Gasteiger partial charge in [-0.15, -0.1) is 0 Å². The average molecular weight is 288 g/mol. The first-order valence-corrected chi connectivity index (χ1v) is 7.00. The van der Waals surface area contributed by atoms with E-state index in [4.69, 9.17) is 14.4 Å². The Hall–Kier alpha value is -2.21. The van der Waals surface area contributed by atoms with Crippen molar-refractivity contribution >= 4 is 5.97 Å². The highest BCUT2D eigenvalue weighted by atomic mass is 16.5. The van der Waals surface area contributed by atoms with Gasteiger partial charge in [-0.3, -0.25) is 0 Å². The van der Waals surface area contributed by atoms with Gasteiger partial charge in [0.15, 0.2) is 0 Å². The number of ether oxygens (including phenoxy) is 1. The molecule has 110 valence electrons. The van der Waals surface area contributed by atoms with Gasteiger partial charge in [-0.2, -0.15) is 4.98 Å². The van der Waals surface area contributed by atoms with E-state index >= 15 is 0 Å². The lowest BCUT2D eigenvalue weighted by Crippen LogP contribution is -2.21. The molecule has 1 N–H and O–H groups in total. The minimum atomic E-state index is -0.976. The third kappa shape index (κ3) is 3.28. The van der Waals surface area contributed by atoms with Gasteiger partial charge in [-0.05, 0) is 31.4 Å². The van der Waals surface area contributed by atoms with Crippen molar-refractivity contribution in [3.63, 3.8) is 0 Å². The standard InChI is InChI=1S/C15H16N2O4/c18-15(19)11-5-3-4-10(8-11)14-16-13(21-17-14)9-12-6-1-2-7-20-12/h3-5,8,12H,1-2,6-7,9H2,(H,18,19). The zero-order chi connectivity index (χ0) is 14.7. The van der Waals surface area contributed by atoms with Crippen LogP contribution in [0.1, 0.15) is 35.5 Å². The van der Waals surface area contributed by atoms with Gasteiger partial charge < -0.3 is 14.4 Å². The smallest absolute Gasteiger partial charge is 0.335 e. The first kappa shape index (κ1) is 13.8. The number of hydrogen-bond acceptors (Lipinski definition) is 5. The van der Waals surface area contributed by atoms with Crippen molar-refractivity contribution < 1.29 is 19.2 Å². The van der Waals surface area contributed by atoms with E-state index in [1.807, 2.05) is 0 Å². The molecule has 0 spiro atoms. The molecular weight excluding hydrogens is 272 g/mol. The summed E-state index contributed by atoms with van der Waals surface area (Å²) in [6, 6.07) is 6.49. The fraction of sp³-hybridized carbons (Fsp3) is 0.400. The summed E-state index contributed by atoms with van der Waals surface area (Å²) in [6.07, 6.45) is 4.01. The molecule has 3 rings (SSSR count). The molecule has 1 aliphatic rings. The van der Waals surface area contributed by atoms with Crippen LogP contribution in [0.15, 0.2) is 28.8 Å². The molecule has 1 aromatic heterocycles. The van der Waals surface area contributed by atoms with E-state index in [0.29, 0.717) is 23.7 Å². The van der Waals surface area contributed by atoms with Crippen LogP contribution in [-0.2, 0) is 11.2 Å². The van der Waals surface area contributed by atoms with Crippen molar-refractivity contribution in [2.45, 2.75) is 31.8 Å². The molecular formula is C15H16N2O4. The van der Waals surface area contributed by atoms with Crippen LogP contribution in [0.25, 0.3) is 11.4 Å². The second-order valence-corrected chi connectivity index (χ2v) is 5.09. The number of carboxylic acid groups (broad SMARTS) is 1. The topological polar surface area (TPSA) is 85.5 Å². The summed E-state index contributed by atoms with van der Waals surface area (Å²) in [6.45, 7) is 0.784. The van der Waals surface area contributed by atoms with Crippen molar-refractivity contribution in [2.24, 2.45) is 0 Å². The molecule has 2 heterocycles. The maximum Gasteiger partial charge on any atom is 0.335 e. The van der Waals surface area contributed by atoms with E-state index in [-0.39, 0.29) is 11.7 Å². The lowest BCUT2D eigenvalue weighted by Gasteiger charge is -2.20. The van der Waals surface area contributed by atoms with Crippen LogP contribution in [0.4, 0.5) is 0 Å². The monoisotopic (exact) mass is 288 g/mol. The Kier molecular flexibility index (Phi) is 3.96. The molecule has 0 amide bonds. The number of nitrogens with zero attached hydrogens (tertiary/aromatic N) is 2. The molecule has 21 heavy (non-hydrogen) atoms. The Morgan fingerprint density at radius 2 is 2.29 bits per heavy atom. The van der Waals surface area contributed by atoms with Crippen molar-refractivity contribution in [2.75, 3.05) is 6.61 Å². The predicted molar refractivity (Wildman–Crippen MR) is 74.0 cm³/mol. The van der Waals surface area contributed by atoms with E-state index in [9.17, 15) is 4.79 Å². The van der Waals surface area contributed by atoms with Gasteiger partial charge in [-0.1, -0.05) is 17.3 Å². The molecule has 0 radical (unpaired) electrons. The van der Waals surface area contributed by atoms with E-state index in [1.54, 1.807) is 12.1 Å². The number of benzene rings is 1. The summed E-state index contributed by atoms with van der Waals surface area (Å²) in [5, 5.41) is 12.9. The molecule has 1 atom stereocenters. The molecule has 1 saturated heterocycles. The molecule has 0 saturated carbocycles. The molecule has 0 aliphatic carbocycles. The van der Waals surface area contributed by atoms with Gasteiger partial charge in [0.05, 0.1) is 18.1 Å². The normalized spacial score (nSPS) is 18.6. The predicted octanol–water partition coefficient (Wildman–Crippen LogP) is 2.55. The molecule has 1 fully saturated rings. The highest BCUT2D eigenvalue weighted by Gasteiger charge is 2.18. The summed E-state index contributed by atoms with van der Waals surface area (Å²) in [5.41, 5.74) is 0.837. The maximum atomic E-state index is 11.0. The fourth-order valence-corrected chi connectivity index (χ4v) is 2.41. The first-order valence-electron chi connectivity index (χ1n) is 7.00. The van der Waals surface area contributed by atoms with Crippen molar-refractivity contribution in [1.29, 1.82) is 0 Å². The number of hydrogen-bond donors (Lipinski definition) is 1. The van der Waals surface area contributed by atoms with Gasteiger partial charge in [0.1, 0.15) is 0 Å². The number of carboxylic acids is 1. The minimum absolute atomic E-state index is 0.136. The van der Waals surface area contributed by atoms with E-state index in [2.05, 4.69) is 10.1 Å². The zero-order valence-corrected chi connectivity index (χ0v) is 11.5. The van der Waals surface area contributed by atoms with Crippen LogP contribution in [0.3, 0.4) is 0 Å². The molecule has 6 nitrogen and oxygen atoms in total. The molecule has 1 unspecified atom stereocenters. The number of aromatic nitrogens is 2. The summed E-state index contributed by atoms with van der Waals surface area (Å²) in [5.74, 6) is -0.0438. The third-order valence-corrected chi connectivity index (χ3v) is 3.51. The largest absolute Gasteiger partial charge is 0.478 e. The SMILES string of the molecule is O=C(O)c1cccc(-c2noc(CC3CCCCO3)n2)c1. The highest BCUT2D eigenvalue weighted by Crippen LogP contribution is 2.20. The van der Waals surface area contributed by atoms with Crippen LogP contribution in [0.2, 0.25) is 0 Å². The molecule has 1 aromatic carbocycles. The second-order valence-electron chi connectivity index (χ2n) is 5.09. The number of carbonyl (C=O) groups is 1. The van der Waals surface area contributed by atoms with Crippen LogP contribution in [-0.4, -0.2) is 33.9 Å². The fourth-order valence-electron chi connectivity index (χ4n) is 2.41. The van der Waals surface area contributed by atoms with Crippen molar-refractivity contribution in [1.82, 2.24) is 10.1 Å². The lowest BCUT2D eigenvalue weighted by atomic mass is 10.1. The van der Waals surface area contributed by atoms with Gasteiger partial charge in [0, 0.05) is 12.2 Å². The van der Waals surface area contributed by atoms with E-state index in [1.165, 1.54) is 12.1 Å². The highest BCUT2D eigenvalue weighted by molar-refractivity contribution is 5.89. The lowest BCUT2D eigenvalue weighted by molar-refractivity contribution is 0.0124. The summed E-state index contributed by atoms with van der Waals surface area (Å²) < 4.78 is 10.9. The maximum absolute atomic E-state index is 11.0. The van der Waals surface area contributed by atoms with Gasteiger partial charge >= 0.3 is 5.97 Å². The van der Waals surface area contributed by atoms with E-state index in [0.717, 1.165) is 25.9 Å². The average Bonchev–Trinajstić information content (AvgIpc) is 2.97. The summed E-state index contributed by atoms with van der Waals surface area (Å²) in [4.78, 5) is 15.3. The molecule has 2 aromatic rings. The number of aromatic carboxylic acids is 1. The Morgan fingerprint density at radius 3 is 3.05 bits per heavy atom. The Morgan fingerprint density at radius 1 is 1.38 bits per heavy atom. The van der Waals surface area contributed by atoms with Crippen LogP contribution >= 0.6 is 0 Å². The Bertz CT molecular complexity index is 632. The van der Waals surface area contributed by atoms with Crippen LogP contribution in [0.5, 0.6) is 0 Å². The third-order valence-electron chi connectivity index (χ3n) is 3.51. The Balaban J connectivity index is 1.75. The first-order chi connectivity index (χ1) is 10.2. The minimum Gasteiger partial charge on any atom is -0.478 e. The summed E-state index contributed by atoms with van der Waals surface area (Å²) in [7, 11) is 0. The van der Waals surface area contributed by atoms with Crippen molar-refractivity contribution in [3.05, 3.63) is 35.7 Å². The molecule has 0 bridgehead atoms. The zero-order valence-electron chi connectivity index (χ0n) is 11.5. The van der Waals surface area contributed by atoms with Gasteiger partial charge in [-0.25, -0.2) is 4.79 Å². The summed E-state index contributed by atoms with van der Waals surface area (Å²) >= 11 is 0. The van der Waals surface area contributed by atoms with Gasteiger partial charge in [0.2, 0.25) is 11.7 Å². The molecule has 6 heteroatoms. The van der Waals surface area contributed by atoms with Crippen LogP contribution in [0, 0.1) is 0 Å².